The standard InChI is InChI=1S/C36H27N7O6S/c1-21-18-26(10-14-32(21)37)41-42-33-15-16-34(30-20-28(50(47,48)49)12-13-29(30)33)43-39-25-8-4-23(5-9-25)22-2-6-24(7-3-22)38-40-27-11-17-35(44)31(19-27)36(45)46/h2-20,44H,37H2,1H3,(H,45,46)(H,47,48,49). The zero-order valence-electron chi connectivity index (χ0n) is 26.2. The van der Waals surface area contributed by atoms with Crippen molar-refractivity contribution in [3.63, 3.8) is 0 Å². The molecule has 0 aliphatic rings. The number of nitrogens with zero attached hydrogens (tertiary/aromatic N) is 6. The van der Waals surface area contributed by atoms with E-state index in [1.54, 1.807) is 54.6 Å². The maximum Gasteiger partial charge on any atom is 0.339 e. The van der Waals surface area contributed by atoms with Crippen molar-refractivity contribution in [2.75, 3.05) is 5.73 Å². The number of aryl methyl sites for hydroxylation is 1. The van der Waals surface area contributed by atoms with Gasteiger partial charge in [0.15, 0.2) is 0 Å². The van der Waals surface area contributed by atoms with E-state index in [0.717, 1.165) is 16.7 Å². The Labute approximate surface area is 285 Å². The highest BCUT2D eigenvalue weighted by Crippen LogP contribution is 2.37. The Balaban J connectivity index is 1.22. The number of hydrogen-bond donors (Lipinski definition) is 4. The molecular weight excluding hydrogens is 659 g/mol. The molecule has 248 valence electrons. The number of anilines is 1. The van der Waals surface area contributed by atoms with Gasteiger partial charge in [-0.05, 0) is 109 Å². The number of carbonyl (C=O) groups is 1. The highest BCUT2D eigenvalue weighted by atomic mass is 32.2. The van der Waals surface area contributed by atoms with E-state index in [2.05, 4.69) is 30.7 Å². The maximum absolute atomic E-state index is 11.9. The number of azo groups is 3. The molecule has 6 aromatic carbocycles. The summed E-state index contributed by atoms with van der Waals surface area (Å²) < 4.78 is 33.6. The number of aromatic hydroxyl groups is 1. The van der Waals surface area contributed by atoms with Gasteiger partial charge in [-0.2, -0.15) is 28.9 Å². The Morgan fingerprint density at radius 2 is 1.10 bits per heavy atom. The lowest BCUT2D eigenvalue weighted by atomic mass is 10.1. The molecule has 6 aromatic rings. The molecule has 0 aliphatic heterocycles. The van der Waals surface area contributed by atoms with Crippen LogP contribution in [0.5, 0.6) is 5.75 Å². The van der Waals surface area contributed by atoms with E-state index in [1.807, 2.05) is 31.2 Å². The van der Waals surface area contributed by atoms with Gasteiger partial charge >= 0.3 is 5.97 Å². The van der Waals surface area contributed by atoms with Gasteiger partial charge in [0.05, 0.1) is 39.0 Å². The van der Waals surface area contributed by atoms with E-state index in [-0.39, 0.29) is 21.9 Å². The van der Waals surface area contributed by atoms with Gasteiger partial charge in [-0.1, -0.05) is 30.3 Å². The first-order chi connectivity index (χ1) is 23.9. The van der Waals surface area contributed by atoms with Crippen LogP contribution in [0.15, 0.2) is 151 Å². The topological polar surface area (TPSA) is 212 Å². The highest BCUT2D eigenvalue weighted by molar-refractivity contribution is 7.85. The minimum Gasteiger partial charge on any atom is -0.507 e. The van der Waals surface area contributed by atoms with Crippen LogP contribution < -0.4 is 5.73 Å². The van der Waals surface area contributed by atoms with Crippen molar-refractivity contribution in [3.8, 4) is 16.9 Å². The van der Waals surface area contributed by atoms with Crippen LogP contribution in [-0.4, -0.2) is 29.2 Å². The minimum absolute atomic E-state index is 0.263. The maximum atomic E-state index is 11.9. The lowest BCUT2D eigenvalue weighted by molar-refractivity contribution is 0.0693. The van der Waals surface area contributed by atoms with Gasteiger partial charge in [0.1, 0.15) is 11.3 Å². The summed E-state index contributed by atoms with van der Waals surface area (Å²) in [6, 6.07) is 31.2. The first kappa shape index (κ1) is 33.3. The summed E-state index contributed by atoms with van der Waals surface area (Å²) in [7, 11) is -4.49. The molecule has 0 bridgehead atoms. The fourth-order valence-electron chi connectivity index (χ4n) is 4.89. The number of benzene rings is 6. The second-order valence-corrected chi connectivity index (χ2v) is 12.4. The quantitative estimate of drug-likeness (QED) is 0.0655. The Kier molecular flexibility index (Phi) is 9.21. The molecule has 0 atom stereocenters. The zero-order valence-corrected chi connectivity index (χ0v) is 27.0. The number of nitrogens with two attached hydrogens (primary N) is 1. The van der Waals surface area contributed by atoms with E-state index in [9.17, 15) is 28.0 Å². The molecule has 6 rings (SSSR count). The highest BCUT2D eigenvalue weighted by Gasteiger charge is 2.14. The predicted octanol–water partition coefficient (Wildman–Crippen LogP) is 10.3. The number of carboxylic acids is 1. The van der Waals surface area contributed by atoms with Crippen LogP contribution in [0.2, 0.25) is 0 Å². The average Bonchev–Trinajstić information content (AvgIpc) is 3.11. The number of carboxylic acid groups (broad SMARTS) is 1. The number of aromatic carboxylic acids is 1. The van der Waals surface area contributed by atoms with Gasteiger partial charge in [-0.15, -0.1) is 10.2 Å². The molecule has 0 radical (unpaired) electrons. The van der Waals surface area contributed by atoms with Crippen LogP contribution in [-0.2, 0) is 10.1 Å². The average molecular weight is 686 g/mol. The normalized spacial score (nSPS) is 12.0. The second kappa shape index (κ2) is 13.8. The van der Waals surface area contributed by atoms with E-state index in [1.165, 1.54) is 36.4 Å². The van der Waals surface area contributed by atoms with Crippen molar-refractivity contribution in [3.05, 3.63) is 126 Å². The minimum atomic E-state index is -4.49. The van der Waals surface area contributed by atoms with Crippen LogP contribution >= 0.6 is 0 Å². The molecule has 0 unspecified atom stereocenters. The number of phenols is 1. The summed E-state index contributed by atoms with van der Waals surface area (Å²) in [5.41, 5.74) is 11.7. The van der Waals surface area contributed by atoms with Gasteiger partial charge in [-0.3, -0.25) is 4.55 Å². The summed E-state index contributed by atoms with van der Waals surface area (Å²) in [4.78, 5) is 10.9. The smallest absolute Gasteiger partial charge is 0.339 e. The Morgan fingerprint density at radius 1 is 0.600 bits per heavy atom. The predicted molar refractivity (Wildman–Crippen MR) is 189 cm³/mol. The number of hydrogen-bond acceptors (Lipinski definition) is 11. The van der Waals surface area contributed by atoms with E-state index >= 15 is 0 Å². The number of rotatable bonds is 9. The first-order valence-corrected chi connectivity index (χ1v) is 16.3. The third-order valence-corrected chi connectivity index (χ3v) is 8.45. The molecule has 50 heavy (non-hydrogen) atoms. The zero-order chi connectivity index (χ0) is 35.4. The Bertz CT molecular complexity index is 2460. The molecule has 0 aromatic heterocycles. The van der Waals surface area contributed by atoms with Crippen molar-refractivity contribution in [2.45, 2.75) is 11.8 Å². The van der Waals surface area contributed by atoms with Gasteiger partial charge in [0, 0.05) is 16.5 Å². The fraction of sp³-hybridized carbons (Fsp3) is 0.0278. The first-order valence-electron chi connectivity index (χ1n) is 14.9. The van der Waals surface area contributed by atoms with E-state index in [0.29, 0.717) is 44.9 Å². The molecule has 14 heteroatoms. The molecule has 0 amide bonds. The summed E-state index contributed by atoms with van der Waals surface area (Å²) in [5.74, 6) is -1.62. The summed E-state index contributed by atoms with van der Waals surface area (Å²) in [6.45, 7) is 1.87. The SMILES string of the molecule is Cc1cc(N=Nc2ccc(N=Nc3ccc(-c4ccc(N=Nc5ccc(O)c(C(=O)O)c5)cc4)cc3)c3cc(S(=O)(=O)O)ccc23)ccc1N. The lowest BCUT2D eigenvalue weighted by Crippen LogP contribution is -1.97. The third-order valence-electron chi connectivity index (χ3n) is 7.60. The summed E-state index contributed by atoms with van der Waals surface area (Å²) >= 11 is 0. The van der Waals surface area contributed by atoms with Crippen molar-refractivity contribution in [1.29, 1.82) is 0 Å². The van der Waals surface area contributed by atoms with Crippen molar-refractivity contribution in [2.24, 2.45) is 30.7 Å². The second-order valence-electron chi connectivity index (χ2n) is 11.0. The van der Waals surface area contributed by atoms with Crippen molar-refractivity contribution < 1.29 is 28.0 Å². The number of fused-ring (bicyclic) bond motifs is 1. The molecule has 0 aliphatic carbocycles. The lowest BCUT2D eigenvalue weighted by Gasteiger charge is -2.07. The summed E-state index contributed by atoms with van der Waals surface area (Å²) in [5, 5.41) is 45.4. The largest absolute Gasteiger partial charge is 0.507 e. The third kappa shape index (κ3) is 7.57. The molecule has 5 N–H and O–H groups in total. The monoisotopic (exact) mass is 685 g/mol. The van der Waals surface area contributed by atoms with Gasteiger partial charge in [0.2, 0.25) is 0 Å². The fourth-order valence-corrected chi connectivity index (χ4v) is 5.40. The van der Waals surface area contributed by atoms with Gasteiger partial charge < -0.3 is 15.9 Å². The molecule has 0 spiro atoms. The van der Waals surface area contributed by atoms with E-state index < -0.39 is 16.1 Å². The Morgan fingerprint density at radius 3 is 1.68 bits per heavy atom. The van der Waals surface area contributed by atoms with E-state index in [4.69, 9.17) is 5.73 Å². The van der Waals surface area contributed by atoms with Crippen LogP contribution in [0.25, 0.3) is 21.9 Å². The van der Waals surface area contributed by atoms with Gasteiger partial charge in [0.25, 0.3) is 10.1 Å². The Hall–Kier alpha value is -6.64. The molecular formula is C36H27N7O6S. The molecule has 0 saturated heterocycles. The van der Waals surface area contributed by atoms with Crippen molar-refractivity contribution >= 4 is 66.7 Å². The van der Waals surface area contributed by atoms with Crippen LogP contribution in [0.1, 0.15) is 15.9 Å². The summed E-state index contributed by atoms with van der Waals surface area (Å²) in [6.07, 6.45) is 0. The molecule has 13 nitrogen and oxygen atoms in total. The van der Waals surface area contributed by atoms with Crippen molar-refractivity contribution in [1.82, 2.24) is 0 Å². The van der Waals surface area contributed by atoms with Crippen LogP contribution in [0.4, 0.5) is 39.8 Å². The van der Waals surface area contributed by atoms with Crippen LogP contribution in [0, 0.1) is 6.92 Å². The molecule has 0 fully saturated rings. The number of nitrogen functional groups attached to an aromatic ring is 1. The van der Waals surface area contributed by atoms with Crippen LogP contribution in [0.3, 0.4) is 0 Å². The molecule has 0 heterocycles. The molecule has 0 saturated carbocycles. The van der Waals surface area contributed by atoms with Gasteiger partial charge in [-0.25, -0.2) is 4.79 Å².